The number of ether oxygens (including phenoxy) is 3. The molecule has 31 heavy (non-hydrogen) atoms. The Morgan fingerprint density at radius 2 is 1.81 bits per heavy atom. The van der Waals surface area contributed by atoms with Crippen LogP contribution in [0.5, 0.6) is 5.75 Å². The molecule has 172 valence electrons. The summed E-state index contributed by atoms with van der Waals surface area (Å²) in [7, 11) is 1.64. The Labute approximate surface area is 185 Å². The van der Waals surface area contributed by atoms with Gasteiger partial charge >= 0.3 is 0 Å². The van der Waals surface area contributed by atoms with Crippen molar-refractivity contribution in [2.45, 2.75) is 57.7 Å². The van der Waals surface area contributed by atoms with Crippen molar-refractivity contribution in [3.05, 3.63) is 29.8 Å². The van der Waals surface area contributed by atoms with E-state index in [1.165, 1.54) is 0 Å². The van der Waals surface area contributed by atoms with Gasteiger partial charge in [-0.1, -0.05) is 12.1 Å². The van der Waals surface area contributed by atoms with Crippen molar-refractivity contribution in [3.63, 3.8) is 0 Å². The van der Waals surface area contributed by atoms with E-state index in [0.29, 0.717) is 45.6 Å². The molecule has 2 unspecified atom stereocenters. The fourth-order valence-corrected chi connectivity index (χ4v) is 4.11. The van der Waals surface area contributed by atoms with Crippen LogP contribution in [-0.2, 0) is 25.5 Å². The summed E-state index contributed by atoms with van der Waals surface area (Å²) in [5, 5.41) is 0. The van der Waals surface area contributed by atoms with E-state index in [-0.39, 0.29) is 17.9 Å². The van der Waals surface area contributed by atoms with Gasteiger partial charge in [0, 0.05) is 39.2 Å². The van der Waals surface area contributed by atoms with Crippen LogP contribution < -0.4 is 4.74 Å². The van der Waals surface area contributed by atoms with Gasteiger partial charge in [-0.15, -0.1) is 0 Å². The summed E-state index contributed by atoms with van der Waals surface area (Å²) in [6, 6.07) is 7.82. The average molecular weight is 433 g/mol. The maximum Gasteiger partial charge on any atom is 0.251 e. The summed E-state index contributed by atoms with van der Waals surface area (Å²) in [6.45, 7) is 5.55. The molecule has 0 aliphatic carbocycles. The second kappa shape index (κ2) is 12.1. The maximum absolute atomic E-state index is 12.8. The summed E-state index contributed by atoms with van der Waals surface area (Å²) in [6.07, 6.45) is 4.85. The highest BCUT2D eigenvalue weighted by atomic mass is 16.5. The maximum atomic E-state index is 12.8. The molecule has 2 aliphatic rings. The minimum atomic E-state index is -0.483. The molecule has 0 radical (unpaired) electrons. The second-order valence-electron chi connectivity index (χ2n) is 8.37. The van der Waals surface area contributed by atoms with Gasteiger partial charge in [-0.2, -0.15) is 0 Å². The molecule has 2 heterocycles. The van der Waals surface area contributed by atoms with Gasteiger partial charge in [0.05, 0.1) is 19.8 Å². The number of carbonyl (C=O) groups excluding carboxylic acids is 2. The Morgan fingerprint density at radius 3 is 2.52 bits per heavy atom. The third kappa shape index (κ3) is 7.21. The van der Waals surface area contributed by atoms with Crippen LogP contribution in [0.2, 0.25) is 0 Å². The number of amides is 2. The molecule has 2 atom stereocenters. The number of nitrogens with zero attached hydrogens (tertiary/aromatic N) is 2. The minimum Gasteiger partial charge on any atom is -0.497 e. The Balaban J connectivity index is 1.40. The Morgan fingerprint density at radius 1 is 1.06 bits per heavy atom. The number of methoxy groups -OCH3 is 1. The van der Waals surface area contributed by atoms with Crippen LogP contribution in [0, 0.1) is 0 Å². The van der Waals surface area contributed by atoms with E-state index >= 15 is 0 Å². The van der Waals surface area contributed by atoms with Gasteiger partial charge in [0.1, 0.15) is 11.9 Å². The third-order valence-electron chi connectivity index (χ3n) is 6.10. The lowest BCUT2D eigenvalue weighted by Gasteiger charge is -2.27. The van der Waals surface area contributed by atoms with Crippen LogP contribution in [0.3, 0.4) is 0 Å². The summed E-state index contributed by atoms with van der Waals surface area (Å²) < 4.78 is 16.7. The molecular formula is C24H36N2O5. The molecule has 3 rings (SSSR count). The largest absolute Gasteiger partial charge is 0.497 e. The minimum absolute atomic E-state index is 0.00309. The molecule has 2 aliphatic heterocycles. The van der Waals surface area contributed by atoms with Crippen molar-refractivity contribution in [2.24, 2.45) is 0 Å². The van der Waals surface area contributed by atoms with Gasteiger partial charge in [0.25, 0.3) is 5.91 Å². The second-order valence-corrected chi connectivity index (χ2v) is 8.37. The van der Waals surface area contributed by atoms with E-state index in [0.717, 1.165) is 43.6 Å². The monoisotopic (exact) mass is 432 g/mol. The fourth-order valence-electron chi connectivity index (χ4n) is 4.11. The topological polar surface area (TPSA) is 68.3 Å². The molecule has 0 N–H and O–H groups in total. The first-order valence-electron chi connectivity index (χ1n) is 11.5. The van der Waals surface area contributed by atoms with Gasteiger partial charge in [0.15, 0.2) is 0 Å². The van der Waals surface area contributed by atoms with Crippen molar-refractivity contribution in [3.8, 4) is 5.75 Å². The average Bonchev–Trinajstić information content (AvgIpc) is 3.08. The SMILES string of the molecule is COc1ccc(CCC(=O)N2CCCN(C(=O)C(C)OCC3CCCCO3)CC2)cc1. The molecule has 7 heteroatoms. The first-order chi connectivity index (χ1) is 15.1. The Hall–Kier alpha value is -2.12. The number of rotatable bonds is 8. The lowest BCUT2D eigenvalue weighted by atomic mass is 10.1. The third-order valence-corrected chi connectivity index (χ3v) is 6.10. The van der Waals surface area contributed by atoms with Crippen molar-refractivity contribution in [1.29, 1.82) is 0 Å². The van der Waals surface area contributed by atoms with Crippen LogP contribution in [-0.4, -0.2) is 80.3 Å². The molecule has 2 amide bonds. The molecule has 0 aromatic heterocycles. The first kappa shape index (κ1) is 23.5. The predicted octanol–water partition coefficient (Wildman–Crippen LogP) is 2.66. The molecule has 0 bridgehead atoms. The van der Waals surface area contributed by atoms with Crippen LogP contribution in [0.25, 0.3) is 0 Å². The van der Waals surface area contributed by atoms with E-state index in [2.05, 4.69) is 0 Å². The molecule has 2 saturated heterocycles. The van der Waals surface area contributed by atoms with Crippen LogP contribution >= 0.6 is 0 Å². The standard InChI is InChI=1S/C24H36N2O5/c1-19(31-18-22-6-3-4-17-30-22)24(28)26-14-5-13-25(15-16-26)23(27)12-9-20-7-10-21(29-2)11-8-20/h7-8,10-11,19,22H,3-6,9,12-18H2,1-2H3. The van der Waals surface area contributed by atoms with Gasteiger partial charge < -0.3 is 24.0 Å². The number of aryl methyl sites for hydroxylation is 1. The van der Waals surface area contributed by atoms with E-state index < -0.39 is 6.10 Å². The van der Waals surface area contributed by atoms with Crippen molar-refractivity contribution in [2.75, 3.05) is 46.5 Å². The summed E-state index contributed by atoms with van der Waals surface area (Å²) in [5.41, 5.74) is 1.12. The molecule has 1 aromatic rings. The molecule has 2 fully saturated rings. The normalized spacial score (nSPS) is 20.8. The number of benzene rings is 1. The van der Waals surface area contributed by atoms with E-state index in [9.17, 15) is 9.59 Å². The van der Waals surface area contributed by atoms with Crippen molar-refractivity contribution >= 4 is 11.8 Å². The summed E-state index contributed by atoms with van der Waals surface area (Å²) >= 11 is 0. The highest BCUT2D eigenvalue weighted by Crippen LogP contribution is 2.16. The lowest BCUT2D eigenvalue weighted by Crippen LogP contribution is -2.42. The molecule has 0 spiro atoms. The smallest absolute Gasteiger partial charge is 0.251 e. The van der Waals surface area contributed by atoms with E-state index in [1.54, 1.807) is 7.11 Å². The van der Waals surface area contributed by atoms with Gasteiger partial charge in [-0.3, -0.25) is 9.59 Å². The highest BCUT2D eigenvalue weighted by molar-refractivity contribution is 5.81. The first-order valence-corrected chi connectivity index (χ1v) is 11.5. The highest BCUT2D eigenvalue weighted by Gasteiger charge is 2.26. The number of hydrogen-bond donors (Lipinski definition) is 0. The predicted molar refractivity (Wildman–Crippen MR) is 118 cm³/mol. The van der Waals surface area contributed by atoms with Gasteiger partial charge in [0.2, 0.25) is 5.91 Å². The molecule has 0 saturated carbocycles. The van der Waals surface area contributed by atoms with Gasteiger partial charge in [-0.25, -0.2) is 0 Å². The van der Waals surface area contributed by atoms with E-state index in [1.807, 2.05) is 41.0 Å². The summed E-state index contributed by atoms with van der Waals surface area (Å²) in [4.78, 5) is 29.2. The van der Waals surface area contributed by atoms with Gasteiger partial charge in [-0.05, 0) is 56.7 Å². The van der Waals surface area contributed by atoms with Crippen molar-refractivity contribution < 1.29 is 23.8 Å². The molecular weight excluding hydrogens is 396 g/mol. The van der Waals surface area contributed by atoms with Crippen molar-refractivity contribution in [1.82, 2.24) is 9.80 Å². The number of carbonyl (C=O) groups is 2. The lowest BCUT2D eigenvalue weighted by molar-refractivity contribution is -0.146. The Bertz CT molecular complexity index is 702. The molecule has 1 aromatic carbocycles. The van der Waals surface area contributed by atoms with Crippen LogP contribution in [0.15, 0.2) is 24.3 Å². The number of hydrogen-bond acceptors (Lipinski definition) is 5. The van der Waals surface area contributed by atoms with Crippen LogP contribution in [0.4, 0.5) is 0 Å². The zero-order valence-electron chi connectivity index (χ0n) is 18.9. The summed E-state index contributed by atoms with van der Waals surface area (Å²) in [5.74, 6) is 0.962. The van der Waals surface area contributed by atoms with Crippen LogP contribution in [0.1, 0.15) is 44.6 Å². The quantitative estimate of drug-likeness (QED) is 0.632. The van der Waals surface area contributed by atoms with E-state index in [4.69, 9.17) is 14.2 Å². The zero-order chi connectivity index (χ0) is 22.1. The fraction of sp³-hybridized carbons (Fsp3) is 0.667. The Kier molecular flexibility index (Phi) is 9.15. The molecule has 7 nitrogen and oxygen atoms in total. The zero-order valence-corrected chi connectivity index (χ0v) is 18.9.